The minimum absolute atomic E-state index is 0.156. The zero-order valence-electron chi connectivity index (χ0n) is 14.0. The van der Waals surface area contributed by atoms with Crippen LogP contribution in [0.5, 0.6) is 6.01 Å². The molecule has 0 saturated carbocycles. The maximum Gasteiger partial charge on any atom is 0.321 e. The molecule has 0 unspecified atom stereocenters. The molecule has 0 fully saturated rings. The van der Waals surface area contributed by atoms with E-state index in [1.54, 1.807) is 4.90 Å². The first-order valence-electron chi connectivity index (χ1n) is 7.22. The van der Waals surface area contributed by atoms with Gasteiger partial charge in [0.05, 0.1) is 13.7 Å². The Morgan fingerprint density at radius 1 is 1.22 bits per heavy atom. The summed E-state index contributed by atoms with van der Waals surface area (Å²) in [6, 6.07) is 6.00. The summed E-state index contributed by atoms with van der Waals surface area (Å²) >= 11 is 0. The van der Waals surface area contributed by atoms with Crippen molar-refractivity contribution in [2.45, 2.75) is 20.4 Å². The number of ether oxygens (including phenoxy) is 1. The molecular weight excluding hydrogens is 294 g/mol. The maximum absolute atomic E-state index is 12.3. The molecule has 2 aromatic rings. The number of aryl methyl sites for hydroxylation is 2. The number of rotatable bonds is 5. The van der Waals surface area contributed by atoms with Crippen LogP contribution in [0.1, 0.15) is 27.3 Å². The van der Waals surface area contributed by atoms with Gasteiger partial charge in [0.1, 0.15) is 0 Å². The second kappa shape index (κ2) is 7.04. The van der Waals surface area contributed by atoms with Crippen LogP contribution in [-0.4, -0.2) is 42.1 Å². The molecule has 7 heteroatoms. The van der Waals surface area contributed by atoms with E-state index in [1.165, 1.54) is 7.11 Å². The molecule has 1 aromatic carbocycles. The van der Waals surface area contributed by atoms with E-state index in [1.807, 2.05) is 46.1 Å². The third kappa shape index (κ3) is 4.15. The van der Waals surface area contributed by atoms with Gasteiger partial charge in [-0.05, 0) is 25.5 Å². The second-order valence-corrected chi connectivity index (χ2v) is 5.43. The van der Waals surface area contributed by atoms with E-state index in [0.717, 1.165) is 11.1 Å². The van der Waals surface area contributed by atoms with Gasteiger partial charge in [-0.2, -0.15) is 15.0 Å². The molecule has 0 spiro atoms. The number of hydrogen-bond donors (Lipinski definition) is 1. The third-order valence-corrected chi connectivity index (χ3v) is 3.28. The molecule has 1 amide bonds. The zero-order chi connectivity index (χ0) is 17.0. The van der Waals surface area contributed by atoms with E-state index in [9.17, 15) is 4.79 Å². The Bertz CT molecular complexity index is 716. The van der Waals surface area contributed by atoms with Gasteiger partial charge in [0, 0.05) is 19.7 Å². The van der Waals surface area contributed by atoms with Crippen molar-refractivity contribution in [1.29, 1.82) is 0 Å². The third-order valence-electron chi connectivity index (χ3n) is 3.28. The average molecular weight is 315 g/mol. The highest BCUT2D eigenvalue weighted by molar-refractivity contribution is 5.95. The molecule has 1 aromatic heterocycles. The normalized spacial score (nSPS) is 10.3. The first-order chi connectivity index (χ1) is 10.9. The topological polar surface area (TPSA) is 80.2 Å². The Labute approximate surface area is 135 Å². The Kier molecular flexibility index (Phi) is 5.10. The molecule has 2 rings (SSSR count). The number of aromatic nitrogens is 3. The highest BCUT2D eigenvalue weighted by atomic mass is 16.5. The molecule has 0 saturated heterocycles. The average Bonchev–Trinajstić information content (AvgIpc) is 2.54. The standard InChI is InChI=1S/C16H21N5O2/c1-10-6-7-11(2)12(8-10)14(22)17-9-13-18-15(21(3)4)20-16(19-13)23-5/h6-8H,9H2,1-5H3,(H,17,22). The Hall–Kier alpha value is -2.70. The fourth-order valence-corrected chi connectivity index (χ4v) is 1.99. The highest BCUT2D eigenvalue weighted by Crippen LogP contribution is 2.12. The summed E-state index contributed by atoms with van der Waals surface area (Å²) in [5.74, 6) is 0.768. The SMILES string of the molecule is COc1nc(CNC(=O)c2cc(C)ccc2C)nc(N(C)C)n1. The van der Waals surface area contributed by atoms with Gasteiger partial charge in [0.15, 0.2) is 5.82 Å². The Morgan fingerprint density at radius 3 is 2.61 bits per heavy atom. The maximum atomic E-state index is 12.3. The van der Waals surface area contributed by atoms with E-state index in [0.29, 0.717) is 17.3 Å². The van der Waals surface area contributed by atoms with Crippen molar-refractivity contribution >= 4 is 11.9 Å². The monoisotopic (exact) mass is 315 g/mol. The predicted octanol–water partition coefficient (Wildman–Crippen LogP) is 1.49. The van der Waals surface area contributed by atoms with Gasteiger partial charge in [-0.3, -0.25) is 4.79 Å². The predicted molar refractivity (Wildman–Crippen MR) is 87.8 cm³/mol. The number of nitrogens with one attached hydrogen (secondary N) is 1. The molecule has 7 nitrogen and oxygen atoms in total. The summed E-state index contributed by atoms with van der Waals surface area (Å²) in [7, 11) is 5.15. The van der Waals surface area contributed by atoms with E-state index in [-0.39, 0.29) is 18.5 Å². The van der Waals surface area contributed by atoms with Gasteiger partial charge < -0.3 is 15.0 Å². The lowest BCUT2D eigenvalue weighted by atomic mass is 10.1. The van der Waals surface area contributed by atoms with Gasteiger partial charge in [0.25, 0.3) is 5.91 Å². The van der Waals surface area contributed by atoms with Crippen LogP contribution < -0.4 is 15.0 Å². The summed E-state index contributed by atoms with van der Waals surface area (Å²) < 4.78 is 5.07. The van der Waals surface area contributed by atoms with E-state index in [4.69, 9.17) is 4.74 Å². The smallest absolute Gasteiger partial charge is 0.321 e. The Balaban J connectivity index is 2.15. The summed E-state index contributed by atoms with van der Waals surface area (Å²) in [5, 5.41) is 2.83. The van der Waals surface area contributed by atoms with Crippen LogP contribution in [-0.2, 0) is 6.54 Å². The van der Waals surface area contributed by atoms with E-state index < -0.39 is 0 Å². The van der Waals surface area contributed by atoms with Crippen LogP contribution in [0, 0.1) is 13.8 Å². The van der Waals surface area contributed by atoms with Crippen molar-refractivity contribution < 1.29 is 9.53 Å². The number of carbonyl (C=O) groups excluding carboxylic acids is 1. The fourth-order valence-electron chi connectivity index (χ4n) is 1.99. The van der Waals surface area contributed by atoms with E-state index in [2.05, 4.69) is 20.3 Å². The van der Waals surface area contributed by atoms with Crippen molar-refractivity contribution in [2.24, 2.45) is 0 Å². The molecule has 1 N–H and O–H groups in total. The van der Waals surface area contributed by atoms with Gasteiger partial charge >= 0.3 is 6.01 Å². The van der Waals surface area contributed by atoms with E-state index >= 15 is 0 Å². The number of methoxy groups -OCH3 is 1. The van der Waals surface area contributed by atoms with Crippen molar-refractivity contribution in [3.8, 4) is 6.01 Å². The quantitative estimate of drug-likeness (QED) is 0.900. The molecule has 0 aliphatic carbocycles. The summed E-state index contributed by atoms with van der Waals surface area (Å²) in [5.41, 5.74) is 2.62. The lowest BCUT2D eigenvalue weighted by Crippen LogP contribution is -2.25. The zero-order valence-corrected chi connectivity index (χ0v) is 14.0. The highest BCUT2D eigenvalue weighted by Gasteiger charge is 2.12. The first-order valence-corrected chi connectivity index (χ1v) is 7.22. The number of hydrogen-bond acceptors (Lipinski definition) is 6. The molecular formula is C16H21N5O2. The van der Waals surface area contributed by atoms with Crippen LogP contribution >= 0.6 is 0 Å². The summed E-state index contributed by atoms with van der Waals surface area (Å²) in [4.78, 5) is 26.7. The summed E-state index contributed by atoms with van der Waals surface area (Å²) in [6.07, 6.45) is 0. The lowest BCUT2D eigenvalue weighted by molar-refractivity contribution is 0.0949. The van der Waals surface area contributed by atoms with Crippen molar-refractivity contribution in [3.05, 3.63) is 40.7 Å². The number of anilines is 1. The van der Waals surface area contributed by atoms with Crippen LogP contribution in [0.3, 0.4) is 0 Å². The minimum Gasteiger partial charge on any atom is -0.467 e. The molecule has 122 valence electrons. The van der Waals surface area contributed by atoms with Crippen LogP contribution in [0.4, 0.5) is 5.95 Å². The van der Waals surface area contributed by atoms with Gasteiger partial charge in [0.2, 0.25) is 5.95 Å². The molecule has 23 heavy (non-hydrogen) atoms. The fraction of sp³-hybridized carbons (Fsp3) is 0.375. The van der Waals surface area contributed by atoms with Crippen molar-refractivity contribution in [2.75, 3.05) is 26.1 Å². The van der Waals surface area contributed by atoms with Gasteiger partial charge in [-0.25, -0.2) is 0 Å². The molecule has 0 aliphatic rings. The Morgan fingerprint density at radius 2 is 1.96 bits per heavy atom. The molecule has 0 bridgehead atoms. The number of benzene rings is 1. The molecule has 0 atom stereocenters. The van der Waals surface area contributed by atoms with Gasteiger partial charge in [-0.1, -0.05) is 17.7 Å². The van der Waals surface area contributed by atoms with Crippen LogP contribution in [0.25, 0.3) is 0 Å². The number of carbonyl (C=O) groups is 1. The molecule has 0 radical (unpaired) electrons. The number of nitrogens with zero attached hydrogens (tertiary/aromatic N) is 4. The van der Waals surface area contributed by atoms with Gasteiger partial charge in [-0.15, -0.1) is 0 Å². The summed E-state index contributed by atoms with van der Waals surface area (Å²) in [6.45, 7) is 4.06. The first kappa shape index (κ1) is 16.7. The molecule has 1 heterocycles. The lowest BCUT2D eigenvalue weighted by Gasteiger charge is -2.13. The van der Waals surface area contributed by atoms with Crippen molar-refractivity contribution in [3.63, 3.8) is 0 Å². The van der Waals surface area contributed by atoms with Crippen LogP contribution in [0.2, 0.25) is 0 Å². The van der Waals surface area contributed by atoms with Crippen LogP contribution in [0.15, 0.2) is 18.2 Å². The minimum atomic E-state index is -0.156. The molecule has 0 aliphatic heterocycles. The largest absolute Gasteiger partial charge is 0.467 e. The second-order valence-electron chi connectivity index (χ2n) is 5.43. The number of amides is 1. The van der Waals surface area contributed by atoms with Crippen molar-refractivity contribution in [1.82, 2.24) is 20.3 Å².